The lowest BCUT2D eigenvalue weighted by Crippen LogP contribution is -2.48. The van der Waals surface area contributed by atoms with E-state index in [1.165, 1.54) is 18.2 Å². The Balaban J connectivity index is 1.71. The van der Waals surface area contributed by atoms with E-state index in [0.29, 0.717) is 11.5 Å². The van der Waals surface area contributed by atoms with Gasteiger partial charge in [0.2, 0.25) is 0 Å². The van der Waals surface area contributed by atoms with Gasteiger partial charge >= 0.3 is 0 Å². The largest absolute Gasteiger partial charge is 0.486 e. The van der Waals surface area contributed by atoms with Crippen molar-refractivity contribution < 1.29 is 19.2 Å². The minimum atomic E-state index is -0.573. The van der Waals surface area contributed by atoms with Crippen LogP contribution >= 0.6 is 0 Å². The van der Waals surface area contributed by atoms with Crippen molar-refractivity contribution in [1.82, 2.24) is 5.32 Å². The summed E-state index contributed by atoms with van der Waals surface area (Å²) < 4.78 is 11.5. The molecule has 2 aromatic rings. The number of para-hydroxylation sites is 3. The number of carbonyl (C=O) groups is 1. The number of ether oxygens (including phenoxy) is 2. The highest BCUT2D eigenvalue weighted by Gasteiger charge is 2.28. The van der Waals surface area contributed by atoms with E-state index in [1.54, 1.807) is 19.1 Å². The molecule has 2 aromatic carbocycles. The number of nitrogens with one attached hydrogen (secondary N) is 1. The number of benzene rings is 2. The quantitative estimate of drug-likeness (QED) is 0.688. The lowest BCUT2D eigenvalue weighted by molar-refractivity contribution is -0.385. The molecule has 0 saturated heterocycles. The zero-order valence-electron chi connectivity index (χ0n) is 13.0. The van der Waals surface area contributed by atoms with Crippen LogP contribution in [0.3, 0.4) is 0 Å². The second-order valence-corrected chi connectivity index (χ2v) is 5.45. The molecule has 0 spiro atoms. The van der Waals surface area contributed by atoms with E-state index in [2.05, 4.69) is 5.32 Å². The molecular weight excluding hydrogens is 312 g/mol. The van der Waals surface area contributed by atoms with E-state index >= 15 is 0 Å². The number of nitro benzene ring substituents is 1. The Kier molecular flexibility index (Phi) is 4.33. The first-order chi connectivity index (χ1) is 11.6. The lowest BCUT2D eigenvalue weighted by atomic mass is 10.1. The summed E-state index contributed by atoms with van der Waals surface area (Å²) in [5.74, 6) is 0.753. The Morgan fingerprint density at radius 1 is 1.21 bits per heavy atom. The molecule has 0 aliphatic carbocycles. The van der Waals surface area contributed by atoms with Crippen molar-refractivity contribution >= 4 is 11.6 Å². The molecule has 0 saturated carbocycles. The molecule has 0 bridgehead atoms. The lowest BCUT2D eigenvalue weighted by Gasteiger charge is -2.30. The van der Waals surface area contributed by atoms with Gasteiger partial charge in [0.15, 0.2) is 17.6 Å². The molecule has 7 nitrogen and oxygen atoms in total. The summed E-state index contributed by atoms with van der Waals surface area (Å²) in [5.41, 5.74) is -0.208. The van der Waals surface area contributed by atoms with Gasteiger partial charge in [0.1, 0.15) is 12.2 Å². The van der Waals surface area contributed by atoms with Gasteiger partial charge in [-0.05, 0) is 25.1 Å². The SMILES string of the molecule is C[C@H](NC(=O)c1ccccc1[N+](=O)[O-])[C@@H]1COc2ccccc2O1. The van der Waals surface area contributed by atoms with E-state index in [1.807, 2.05) is 18.2 Å². The molecule has 1 amide bonds. The number of rotatable bonds is 4. The molecule has 0 aromatic heterocycles. The van der Waals surface area contributed by atoms with Crippen molar-refractivity contribution in [2.24, 2.45) is 0 Å². The van der Waals surface area contributed by atoms with Gasteiger partial charge in [-0.1, -0.05) is 24.3 Å². The molecule has 0 radical (unpaired) electrons. The number of hydrogen-bond donors (Lipinski definition) is 1. The molecule has 1 N–H and O–H groups in total. The molecule has 124 valence electrons. The highest BCUT2D eigenvalue weighted by molar-refractivity contribution is 5.98. The molecule has 7 heteroatoms. The third kappa shape index (κ3) is 3.15. The normalized spacial score (nSPS) is 17.0. The molecule has 24 heavy (non-hydrogen) atoms. The van der Waals surface area contributed by atoms with Crippen LogP contribution in [0.2, 0.25) is 0 Å². The predicted molar refractivity (Wildman–Crippen MR) is 86.4 cm³/mol. The first-order valence-corrected chi connectivity index (χ1v) is 7.49. The molecule has 2 atom stereocenters. The number of amides is 1. The van der Waals surface area contributed by atoms with E-state index < -0.39 is 10.8 Å². The predicted octanol–water partition coefficient (Wildman–Crippen LogP) is 2.55. The molecule has 0 unspecified atom stereocenters. The standard InChI is InChI=1S/C17H16N2O5/c1-11(16-10-23-14-8-4-5-9-15(14)24-16)18-17(20)12-6-2-3-7-13(12)19(21)22/h2-9,11,16H,10H2,1H3,(H,18,20)/t11-,16-/m0/s1. The van der Waals surface area contributed by atoms with Gasteiger partial charge in [-0.25, -0.2) is 0 Å². The zero-order chi connectivity index (χ0) is 17.1. The van der Waals surface area contributed by atoms with Crippen molar-refractivity contribution in [3.63, 3.8) is 0 Å². The van der Waals surface area contributed by atoms with Gasteiger partial charge in [-0.15, -0.1) is 0 Å². The van der Waals surface area contributed by atoms with Crippen molar-refractivity contribution in [1.29, 1.82) is 0 Å². The summed E-state index contributed by atoms with van der Waals surface area (Å²) in [5, 5.41) is 13.8. The van der Waals surface area contributed by atoms with Crippen molar-refractivity contribution in [2.75, 3.05) is 6.61 Å². The van der Waals surface area contributed by atoms with Crippen molar-refractivity contribution in [2.45, 2.75) is 19.1 Å². The molecule has 0 fully saturated rings. The Hall–Kier alpha value is -3.09. The Labute approximate surface area is 138 Å². The summed E-state index contributed by atoms with van der Waals surface area (Å²) in [4.78, 5) is 22.8. The first-order valence-electron chi connectivity index (χ1n) is 7.49. The number of hydrogen-bond acceptors (Lipinski definition) is 5. The summed E-state index contributed by atoms with van der Waals surface area (Å²) in [6.07, 6.45) is -0.383. The Morgan fingerprint density at radius 2 is 1.88 bits per heavy atom. The van der Waals surface area contributed by atoms with Crippen molar-refractivity contribution in [3.8, 4) is 11.5 Å². The first kappa shape index (κ1) is 15.8. The molecule has 3 rings (SSSR count). The fraction of sp³-hybridized carbons (Fsp3) is 0.235. The van der Waals surface area contributed by atoms with Crippen LogP contribution < -0.4 is 14.8 Å². The monoisotopic (exact) mass is 328 g/mol. The average Bonchev–Trinajstić information content (AvgIpc) is 2.61. The molecule has 1 aliphatic rings. The van der Waals surface area contributed by atoms with Gasteiger partial charge in [0, 0.05) is 6.07 Å². The number of fused-ring (bicyclic) bond motifs is 1. The Bertz CT molecular complexity index is 777. The smallest absolute Gasteiger partial charge is 0.282 e. The highest BCUT2D eigenvalue weighted by atomic mass is 16.6. The van der Waals surface area contributed by atoms with Crippen LogP contribution in [0, 0.1) is 10.1 Å². The minimum absolute atomic E-state index is 0.0199. The fourth-order valence-electron chi connectivity index (χ4n) is 2.48. The van der Waals surface area contributed by atoms with E-state index in [9.17, 15) is 14.9 Å². The molecule has 1 aliphatic heterocycles. The van der Waals surface area contributed by atoms with E-state index in [4.69, 9.17) is 9.47 Å². The summed E-state index contributed by atoms with van der Waals surface area (Å²) in [6.45, 7) is 2.06. The van der Waals surface area contributed by atoms with Gasteiger partial charge in [0.25, 0.3) is 11.6 Å². The van der Waals surface area contributed by atoms with Crippen LogP contribution in [0.5, 0.6) is 11.5 Å². The second kappa shape index (κ2) is 6.57. The molecule has 1 heterocycles. The minimum Gasteiger partial charge on any atom is -0.486 e. The van der Waals surface area contributed by atoms with Gasteiger partial charge < -0.3 is 14.8 Å². The van der Waals surface area contributed by atoms with Crippen LogP contribution in [-0.4, -0.2) is 29.6 Å². The van der Waals surface area contributed by atoms with E-state index in [0.717, 1.165) is 0 Å². The number of nitro groups is 1. The van der Waals surface area contributed by atoms with Crippen molar-refractivity contribution in [3.05, 3.63) is 64.2 Å². The highest BCUT2D eigenvalue weighted by Crippen LogP contribution is 2.31. The maximum absolute atomic E-state index is 12.4. The van der Waals surface area contributed by atoms with Crippen LogP contribution in [0.1, 0.15) is 17.3 Å². The summed E-state index contributed by atoms with van der Waals surface area (Å²) in [7, 11) is 0. The fourth-order valence-corrected chi connectivity index (χ4v) is 2.48. The average molecular weight is 328 g/mol. The maximum atomic E-state index is 12.4. The third-order valence-corrected chi connectivity index (χ3v) is 3.79. The number of carbonyl (C=O) groups excluding carboxylic acids is 1. The van der Waals surface area contributed by atoms with Crippen LogP contribution in [0.25, 0.3) is 0 Å². The summed E-state index contributed by atoms with van der Waals surface area (Å²) in [6, 6.07) is 12.7. The Morgan fingerprint density at radius 3 is 2.62 bits per heavy atom. The third-order valence-electron chi connectivity index (χ3n) is 3.79. The van der Waals surface area contributed by atoms with E-state index in [-0.39, 0.29) is 30.0 Å². The maximum Gasteiger partial charge on any atom is 0.282 e. The van der Waals surface area contributed by atoms with Crippen LogP contribution in [0.4, 0.5) is 5.69 Å². The van der Waals surface area contributed by atoms with Crippen LogP contribution in [-0.2, 0) is 0 Å². The zero-order valence-corrected chi connectivity index (χ0v) is 13.0. The topological polar surface area (TPSA) is 90.7 Å². The number of nitrogens with zero attached hydrogens (tertiary/aromatic N) is 1. The summed E-state index contributed by atoms with van der Waals surface area (Å²) >= 11 is 0. The second-order valence-electron chi connectivity index (χ2n) is 5.45. The molecular formula is C17H16N2O5. The van der Waals surface area contributed by atoms with Gasteiger partial charge in [0.05, 0.1) is 11.0 Å². The van der Waals surface area contributed by atoms with Gasteiger partial charge in [-0.2, -0.15) is 0 Å². The van der Waals surface area contributed by atoms with Gasteiger partial charge in [-0.3, -0.25) is 14.9 Å². The van der Waals surface area contributed by atoms with Crippen LogP contribution in [0.15, 0.2) is 48.5 Å².